The maximum Gasteiger partial charge on any atom is 0.121 e. The van der Waals surface area contributed by atoms with Crippen LogP contribution in [0, 0.1) is 6.92 Å². The van der Waals surface area contributed by atoms with Crippen molar-refractivity contribution in [2.45, 2.75) is 45.1 Å². The van der Waals surface area contributed by atoms with Crippen LogP contribution in [0.3, 0.4) is 0 Å². The average Bonchev–Trinajstić information content (AvgIpc) is 2.79. The van der Waals surface area contributed by atoms with Gasteiger partial charge in [-0.05, 0) is 56.3 Å². The molecule has 1 fully saturated rings. The topological polar surface area (TPSA) is 21.3 Å². The van der Waals surface area contributed by atoms with Gasteiger partial charge < -0.3 is 10.1 Å². The molecule has 2 nitrogen and oxygen atoms in total. The van der Waals surface area contributed by atoms with Crippen molar-refractivity contribution in [1.29, 1.82) is 0 Å². The molecule has 0 radical (unpaired) electrons. The Hall–Kier alpha value is -1.02. The van der Waals surface area contributed by atoms with Gasteiger partial charge in [-0.1, -0.05) is 19.1 Å². The van der Waals surface area contributed by atoms with E-state index in [0.717, 1.165) is 12.2 Å². The van der Waals surface area contributed by atoms with Gasteiger partial charge in [-0.25, -0.2) is 0 Å². The van der Waals surface area contributed by atoms with Gasteiger partial charge >= 0.3 is 0 Å². The van der Waals surface area contributed by atoms with Crippen LogP contribution in [-0.2, 0) is 6.42 Å². The maximum absolute atomic E-state index is 5.31. The van der Waals surface area contributed by atoms with Gasteiger partial charge in [0, 0.05) is 5.54 Å². The smallest absolute Gasteiger partial charge is 0.121 e. The third-order valence-corrected chi connectivity index (χ3v) is 4.01. The van der Waals surface area contributed by atoms with Gasteiger partial charge in [0.25, 0.3) is 0 Å². The van der Waals surface area contributed by atoms with Crippen molar-refractivity contribution >= 4 is 0 Å². The predicted molar refractivity (Wildman–Crippen MR) is 71.7 cm³/mol. The van der Waals surface area contributed by atoms with Gasteiger partial charge in [0.15, 0.2) is 0 Å². The lowest BCUT2D eigenvalue weighted by atomic mass is 9.86. The number of ether oxygens (including phenoxy) is 1. The first-order chi connectivity index (χ1) is 8.19. The molecule has 17 heavy (non-hydrogen) atoms. The molecular weight excluding hydrogens is 210 g/mol. The zero-order valence-corrected chi connectivity index (χ0v) is 11.2. The Bertz CT molecular complexity index is 381. The van der Waals surface area contributed by atoms with E-state index in [0.29, 0.717) is 5.54 Å². The molecule has 1 unspecified atom stereocenters. The summed E-state index contributed by atoms with van der Waals surface area (Å²) in [7, 11) is 1.73. The van der Waals surface area contributed by atoms with Crippen molar-refractivity contribution in [3.8, 4) is 5.75 Å². The summed E-state index contributed by atoms with van der Waals surface area (Å²) in [4.78, 5) is 0. The van der Waals surface area contributed by atoms with E-state index in [9.17, 15) is 0 Å². The number of hydrogen-bond donors (Lipinski definition) is 1. The minimum absolute atomic E-state index is 0.334. The lowest BCUT2D eigenvalue weighted by molar-refractivity contribution is 0.359. The minimum atomic E-state index is 0.334. The average molecular weight is 233 g/mol. The zero-order chi connectivity index (χ0) is 12.3. The van der Waals surface area contributed by atoms with Crippen LogP contribution in [0.4, 0.5) is 0 Å². The second-order valence-corrected chi connectivity index (χ2v) is 5.14. The Morgan fingerprint density at radius 3 is 2.76 bits per heavy atom. The van der Waals surface area contributed by atoms with Crippen LogP contribution in [0.15, 0.2) is 18.2 Å². The minimum Gasteiger partial charge on any atom is -0.496 e. The van der Waals surface area contributed by atoms with Crippen molar-refractivity contribution in [2.24, 2.45) is 0 Å². The second-order valence-electron chi connectivity index (χ2n) is 5.14. The molecule has 1 saturated heterocycles. The Morgan fingerprint density at radius 2 is 2.24 bits per heavy atom. The highest BCUT2D eigenvalue weighted by Gasteiger charge is 2.31. The zero-order valence-electron chi connectivity index (χ0n) is 11.2. The number of benzene rings is 1. The van der Waals surface area contributed by atoms with E-state index in [1.54, 1.807) is 7.11 Å². The molecule has 2 rings (SSSR count). The van der Waals surface area contributed by atoms with E-state index < -0.39 is 0 Å². The third-order valence-electron chi connectivity index (χ3n) is 4.01. The van der Waals surface area contributed by atoms with Gasteiger partial charge in [-0.2, -0.15) is 0 Å². The Balaban J connectivity index is 2.15. The van der Waals surface area contributed by atoms with Gasteiger partial charge in [0.05, 0.1) is 7.11 Å². The molecule has 0 aliphatic carbocycles. The first-order valence-electron chi connectivity index (χ1n) is 6.58. The van der Waals surface area contributed by atoms with E-state index in [1.165, 1.54) is 36.9 Å². The fraction of sp³-hybridized carbons (Fsp3) is 0.600. The van der Waals surface area contributed by atoms with E-state index in [-0.39, 0.29) is 0 Å². The van der Waals surface area contributed by atoms with Crippen molar-refractivity contribution < 1.29 is 4.74 Å². The third kappa shape index (κ3) is 2.63. The molecule has 1 aliphatic heterocycles. The van der Waals surface area contributed by atoms with Crippen molar-refractivity contribution in [2.75, 3.05) is 13.7 Å². The van der Waals surface area contributed by atoms with Gasteiger partial charge in [0.1, 0.15) is 5.75 Å². The Morgan fingerprint density at radius 1 is 1.41 bits per heavy atom. The highest BCUT2D eigenvalue weighted by Crippen LogP contribution is 2.29. The van der Waals surface area contributed by atoms with Crippen molar-refractivity contribution in [3.63, 3.8) is 0 Å². The molecule has 0 aromatic heterocycles. The van der Waals surface area contributed by atoms with Crippen LogP contribution in [0.25, 0.3) is 0 Å². The van der Waals surface area contributed by atoms with Gasteiger partial charge in [-0.3, -0.25) is 0 Å². The number of methoxy groups -OCH3 is 1. The summed E-state index contributed by atoms with van der Waals surface area (Å²) in [6, 6.07) is 6.54. The monoisotopic (exact) mass is 233 g/mol. The normalized spacial score (nSPS) is 23.9. The van der Waals surface area contributed by atoms with E-state index in [2.05, 4.69) is 37.4 Å². The standard InChI is InChI=1S/C15H23NO/c1-4-15(8-5-9-16-15)11-13-6-7-14(17-3)12(2)10-13/h6-7,10,16H,4-5,8-9,11H2,1-3H3. The number of aryl methyl sites for hydroxylation is 1. The SMILES string of the molecule is CCC1(Cc2ccc(OC)c(C)c2)CCCN1. The molecule has 2 heteroatoms. The highest BCUT2D eigenvalue weighted by atomic mass is 16.5. The Kier molecular flexibility index (Phi) is 3.72. The summed E-state index contributed by atoms with van der Waals surface area (Å²) < 4.78 is 5.31. The van der Waals surface area contributed by atoms with Crippen molar-refractivity contribution in [3.05, 3.63) is 29.3 Å². The molecule has 1 N–H and O–H groups in total. The summed E-state index contributed by atoms with van der Waals surface area (Å²) in [5, 5.41) is 3.69. The number of hydrogen-bond acceptors (Lipinski definition) is 2. The molecule has 94 valence electrons. The summed E-state index contributed by atoms with van der Waals surface area (Å²) >= 11 is 0. The van der Waals surface area contributed by atoms with Gasteiger partial charge in [0.2, 0.25) is 0 Å². The molecule has 1 aliphatic rings. The molecule has 0 saturated carbocycles. The van der Waals surface area contributed by atoms with Crippen LogP contribution in [0.5, 0.6) is 5.75 Å². The van der Waals surface area contributed by atoms with Crippen LogP contribution in [0.2, 0.25) is 0 Å². The van der Waals surface area contributed by atoms with Gasteiger partial charge in [-0.15, -0.1) is 0 Å². The van der Waals surface area contributed by atoms with Crippen LogP contribution >= 0.6 is 0 Å². The highest BCUT2D eigenvalue weighted by molar-refractivity contribution is 5.36. The summed E-state index contributed by atoms with van der Waals surface area (Å²) in [5.41, 5.74) is 2.98. The van der Waals surface area contributed by atoms with E-state index in [1.807, 2.05) is 0 Å². The molecule has 0 bridgehead atoms. The molecule has 1 aromatic carbocycles. The first-order valence-corrected chi connectivity index (χ1v) is 6.58. The number of rotatable bonds is 4. The van der Waals surface area contributed by atoms with Crippen LogP contribution in [0.1, 0.15) is 37.3 Å². The lowest BCUT2D eigenvalue weighted by Gasteiger charge is -2.28. The molecule has 1 heterocycles. The molecular formula is C15H23NO. The Labute approximate surface area is 104 Å². The molecule has 1 aromatic rings. The first kappa shape index (κ1) is 12.4. The fourth-order valence-corrected chi connectivity index (χ4v) is 2.89. The van der Waals surface area contributed by atoms with E-state index >= 15 is 0 Å². The van der Waals surface area contributed by atoms with E-state index in [4.69, 9.17) is 4.74 Å². The maximum atomic E-state index is 5.31. The second kappa shape index (κ2) is 5.09. The predicted octanol–water partition coefficient (Wildman–Crippen LogP) is 3.08. The lowest BCUT2D eigenvalue weighted by Crippen LogP contribution is -2.41. The number of nitrogens with one attached hydrogen (secondary N) is 1. The summed E-state index contributed by atoms with van der Waals surface area (Å²) in [6.45, 7) is 5.57. The van der Waals surface area contributed by atoms with Crippen LogP contribution in [-0.4, -0.2) is 19.2 Å². The molecule has 0 spiro atoms. The van der Waals surface area contributed by atoms with Crippen LogP contribution < -0.4 is 10.1 Å². The molecule has 1 atom stereocenters. The summed E-state index contributed by atoms with van der Waals surface area (Å²) in [6.07, 6.45) is 4.95. The fourth-order valence-electron chi connectivity index (χ4n) is 2.89. The molecule has 0 amide bonds. The quantitative estimate of drug-likeness (QED) is 0.863. The largest absolute Gasteiger partial charge is 0.496 e. The van der Waals surface area contributed by atoms with Crippen molar-refractivity contribution in [1.82, 2.24) is 5.32 Å². The summed E-state index contributed by atoms with van der Waals surface area (Å²) in [5.74, 6) is 0.985.